The third-order valence-electron chi connectivity index (χ3n) is 3.85. The van der Waals surface area contributed by atoms with Crippen LogP contribution >= 0.6 is 0 Å². The van der Waals surface area contributed by atoms with Crippen LogP contribution in [-0.2, 0) is 6.18 Å². The Labute approximate surface area is 137 Å². The molecule has 126 valence electrons. The highest BCUT2D eigenvalue weighted by Gasteiger charge is 2.30. The standard InChI is InChI=1S/C17H16F3N3O/c18-17(19,20)12-4-3-5-13(10-12)22-14-6-7-15(21-11-14)16(24)23-8-1-2-9-23/h3-7,10-11,22H,1-2,8-9H2. The Hall–Kier alpha value is -2.57. The van der Waals surface area contributed by atoms with Crippen LogP contribution in [0.3, 0.4) is 0 Å². The first-order valence-corrected chi connectivity index (χ1v) is 7.63. The van der Waals surface area contributed by atoms with E-state index in [0.717, 1.165) is 38.1 Å². The number of nitrogens with one attached hydrogen (secondary N) is 1. The van der Waals surface area contributed by atoms with Crippen LogP contribution in [0.2, 0.25) is 0 Å². The van der Waals surface area contributed by atoms with Crippen molar-refractivity contribution in [1.82, 2.24) is 9.88 Å². The van der Waals surface area contributed by atoms with E-state index in [1.165, 1.54) is 12.3 Å². The molecule has 1 aromatic carbocycles. The van der Waals surface area contributed by atoms with Gasteiger partial charge in [-0.05, 0) is 43.2 Å². The lowest BCUT2D eigenvalue weighted by molar-refractivity contribution is -0.137. The highest BCUT2D eigenvalue weighted by Crippen LogP contribution is 2.31. The molecule has 0 unspecified atom stereocenters. The number of benzene rings is 1. The smallest absolute Gasteiger partial charge is 0.354 e. The maximum atomic E-state index is 12.7. The van der Waals surface area contributed by atoms with Crippen LogP contribution < -0.4 is 5.32 Å². The summed E-state index contributed by atoms with van der Waals surface area (Å²) < 4.78 is 38.1. The average molecular weight is 335 g/mol. The van der Waals surface area contributed by atoms with Crippen molar-refractivity contribution in [2.75, 3.05) is 18.4 Å². The molecule has 1 fully saturated rings. The number of pyridine rings is 1. The van der Waals surface area contributed by atoms with Crippen molar-refractivity contribution in [2.45, 2.75) is 19.0 Å². The molecule has 2 aromatic rings. The van der Waals surface area contributed by atoms with Crippen molar-refractivity contribution < 1.29 is 18.0 Å². The molecule has 1 aromatic heterocycles. The number of alkyl halides is 3. The Balaban J connectivity index is 1.71. The number of anilines is 2. The van der Waals surface area contributed by atoms with Crippen LogP contribution in [0.4, 0.5) is 24.5 Å². The van der Waals surface area contributed by atoms with Crippen LogP contribution in [0.25, 0.3) is 0 Å². The fraction of sp³-hybridized carbons (Fsp3) is 0.294. The molecule has 1 amide bonds. The molecule has 0 spiro atoms. The van der Waals surface area contributed by atoms with Crippen molar-refractivity contribution in [3.8, 4) is 0 Å². The predicted molar refractivity (Wildman–Crippen MR) is 84.1 cm³/mol. The number of nitrogens with zero attached hydrogens (tertiary/aromatic N) is 2. The van der Waals surface area contributed by atoms with Gasteiger partial charge in [0.1, 0.15) is 5.69 Å². The van der Waals surface area contributed by atoms with E-state index in [4.69, 9.17) is 0 Å². The van der Waals surface area contributed by atoms with Crippen molar-refractivity contribution in [2.24, 2.45) is 0 Å². The number of amides is 1. The average Bonchev–Trinajstić information content (AvgIpc) is 3.09. The monoisotopic (exact) mass is 335 g/mol. The van der Waals surface area contributed by atoms with Gasteiger partial charge in [0.05, 0.1) is 17.4 Å². The van der Waals surface area contributed by atoms with Gasteiger partial charge in [0.25, 0.3) is 5.91 Å². The van der Waals surface area contributed by atoms with Crippen LogP contribution in [0, 0.1) is 0 Å². The lowest BCUT2D eigenvalue weighted by Gasteiger charge is -2.15. The number of rotatable bonds is 3. The quantitative estimate of drug-likeness (QED) is 0.919. The fourth-order valence-corrected chi connectivity index (χ4v) is 2.62. The van der Waals surface area contributed by atoms with E-state index in [1.807, 2.05) is 0 Å². The molecule has 2 heterocycles. The molecule has 3 rings (SSSR count). The van der Waals surface area contributed by atoms with Crippen LogP contribution in [0.15, 0.2) is 42.6 Å². The summed E-state index contributed by atoms with van der Waals surface area (Å²) in [6.07, 6.45) is -0.937. The van der Waals surface area contributed by atoms with E-state index in [1.54, 1.807) is 23.1 Å². The first-order valence-electron chi connectivity index (χ1n) is 7.63. The summed E-state index contributed by atoms with van der Waals surface area (Å²) in [5, 5.41) is 2.86. The topological polar surface area (TPSA) is 45.2 Å². The van der Waals surface area contributed by atoms with Gasteiger partial charge in [0.2, 0.25) is 0 Å². The second kappa shape index (κ2) is 6.51. The van der Waals surface area contributed by atoms with Gasteiger partial charge in [-0.1, -0.05) is 6.07 Å². The molecule has 0 saturated carbocycles. The number of aromatic nitrogens is 1. The van der Waals surface area contributed by atoms with E-state index < -0.39 is 11.7 Å². The van der Waals surface area contributed by atoms with Crippen molar-refractivity contribution in [1.29, 1.82) is 0 Å². The van der Waals surface area contributed by atoms with Gasteiger partial charge >= 0.3 is 6.18 Å². The number of halogens is 3. The van der Waals surface area contributed by atoms with Crippen molar-refractivity contribution in [3.63, 3.8) is 0 Å². The van der Waals surface area contributed by atoms with E-state index in [-0.39, 0.29) is 5.91 Å². The van der Waals surface area contributed by atoms with Crippen LogP contribution in [-0.4, -0.2) is 28.9 Å². The summed E-state index contributed by atoms with van der Waals surface area (Å²) in [6.45, 7) is 1.48. The van der Waals surface area contributed by atoms with E-state index in [0.29, 0.717) is 17.1 Å². The SMILES string of the molecule is O=C(c1ccc(Nc2cccc(C(F)(F)F)c2)cn1)N1CCCC1. The molecule has 24 heavy (non-hydrogen) atoms. The Morgan fingerprint density at radius 2 is 1.83 bits per heavy atom. The molecular weight excluding hydrogens is 319 g/mol. The third kappa shape index (κ3) is 3.67. The summed E-state index contributed by atoms with van der Waals surface area (Å²) >= 11 is 0. The molecule has 4 nitrogen and oxygen atoms in total. The van der Waals surface area contributed by atoms with E-state index in [9.17, 15) is 18.0 Å². The zero-order valence-corrected chi connectivity index (χ0v) is 12.8. The van der Waals surface area contributed by atoms with Gasteiger partial charge in [-0.3, -0.25) is 4.79 Å². The van der Waals surface area contributed by atoms with Gasteiger partial charge in [-0.15, -0.1) is 0 Å². The largest absolute Gasteiger partial charge is 0.416 e. The van der Waals surface area contributed by atoms with E-state index >= 15 is 0 Å². The van der Waals surface area contributed by atoms with Gasteiger partial charge in [-0.2, -0.15) is 13.2 Å². The molecule has 0 atom stereocenters. The minimum atomic E-state index is -4.39. The summed E-state index contributed by atoms with van der Waals surface area (Å²) in [5.41, 5.74) is 0.449. The van der Waals surface area contributed by atoms with Gasteiger partial charge in [0, 0.05) is 18.8 Å². The van der Waals surface area contributed by atoms with Crippen molar-refractivity contribution in [3.05, 3.63) is 53.9 Å². The van der Waals surface area contributed by atoms with Crippen molar-refractivity contribution >= 4 is 17.3 Å². The second-order valence-electron chi connectivity index (χ2n) is 5.63. The fourth-order valence-electron chi connectivity index (χ4n) is 2.62. The first-order chi connectivity index (χ1) is 11.4. The van der Waals surface area contributed by atoms with Gasteiger partial charge in [0.15, 0.2) is 0 Å². The third-order valence-corrected chi connectivity index (χ3v) is 3.85. The lowest BCUT2D eigenvalue weighted by Crippen LogP contribution is -2.28. The molecule has 1 N–H and O–H groups in total. The molecule has 7 heteroatoms. The Kier molecular flexibility index (Phi) is 4.42. The molecule has 0 radical (unpaired) electrons. The minimum absolute atomic E-state index is 0.113. The maximum Gasteiger partial charge on any atom is 0.416 e. The molecular formula is C17H16F3N3O. The number of hydrogen-bond acceptors (Lipinski definition) is 3. The number of carbonyl (C=O) groups is 1. The van der Waals surface area contributed by atoms with Crippen LogP contribution in [0.5, 0.6) is 0 Å². The highest BCUT2D eigenvalue weighted by atomic mass is 19.4. The second-order valence-corrected chi connectivity index (χ2v) is 5.63. The minimum Gasteiger partial charge on any atom is -0.354 e. The Morgan fingerprint density at radius 1 is 1.08 bits per heavy atom. The summed E-state index contributed by atoms with van der Waals surface area (Å²) in [5.74, 6) is -0.113. The lowest BCUT2D eigenvalue weighted by atomic mass is 10.2. The van der Waals surface area contributed by atoms with Gasteiger partial charge in [-0.25, -0.2) is 4.98 Å². The Morgan fingerprint density at radius 3 is 2.46 bits per heavy atom. The molecule has 1 aliphatic heterocycles. The van der Waals surface area contributed by atoms with Gasteiger partial charge < -0.3 is 10.2 Å². The molecule has 0 aliphatic carbocycles. The first kappa shape index (κ1) is 16.3. The number of hydrogen-bond donors (Lipinski definition) is 1. The predicted octanol–water partition coefficient (Wildman–Crippen LogP) is 4.08. The van der Waals surface area contributed by atoms with E-state index in [2.05, 4.69) is 10.3 Å². The molecule has 1 aliphatic rings. The molecule has 1 saturated heterocycles. The zero-order valence-electron chi connectivity index (χ0n) is 12.8. The van der Waals surface area contributed by atoms with Crippen LogP contribution in [0.1, 0.15) is 28.9 Å². The normalized spacial score (nSPS) is 14.7. The Bertz CT molecular complexity index is 723. The summed E-state index contributed by atoms with van der Waals surface area (Å²) in [6, 6.07) is 8.14. The summed E-state index contributed by atoms with van der Waals surface area (Å²) in [7, 11) is 0. The zero-order chi connectivity index (χ0) is 17.2. The summed E-state index contributed by atoms with van der Waals surface area (Å²) in [4.78, 5) is 18.1. The highest BCUT2D eigenvalue weighted by molar-refractivity contribution is 5.92. The number of carbonyl (C=O) groups excluding carboxylic acids is 1. The molecule has 0 bridgehead atoms. The number of likely N-dealkylation sites (tertiary alicyclic amines) is 1. The maximum absolute atomic E-state index is 12.7.